The zero-order valence-corrected chi connectivity index (χ0v) is 24.6. The van der Waals surface area contributed by atoms with Gasteiger partial charge in [-0.1, -0.05) is 5.21 Å². The maximum atomic E-state index is 14.0. The van der Waals surface area contributed by atoms with Gasteiger partial charge in [-0.15, -0.1) is 5.10 Å². The monoisotopic (exact) mass is 658 g/mol. The van der Waals surface area contributed by atoms with Gasteiger partial charge in [-0.2, -0.15) is 18.3 Å². The summed E-state index contributed by atoms with van der Waals surface area (Å²) in [6.07, 6.45) is -1.06. The highest BCUT2D eigenvalue weighted by Gasteiger charge is 2.46. The molecule has 250 valence electrons. The fraction of sp³-hybridized carbons (Fsp3) is 0.655. The molecule has 0 aromatic carbocycles. The summed E-state index contributed by atoms with van der Waals surface area (Å²) in [5.41, 5.74) is 1.13. The molecule has 17 heteroatoms. The highest BCUT2D eigenvalue weighted by Crippen LogP contribution is 2.45. The van der Waals surface area contributed by atoms with Crippen LogP contribution in [-0.2, 0) is 11.3 Å². The van der Waals surface area contributed by atoms with E-state index in [0.717, 1.165) is 23.7 Å². The summed E-state index contributed by atoms with van der Waals surface area (Å²) in [7, 11) is 0. The van der Waals surface area contributed by atoms with Gasteiger partial charge in [0.1, 0.15) is 5.69 Å². The smallest absolute Gasteiger partial charge is 0.349 e. The molecule has 10 nitrogen and oxygen atoms in total. The van der Waals surface area contributed by atoms with Crippen molar-refractivity contribution < 1.29 is 40.3 Å². The first-order chi connectivity index (χ1) is 21.6. The van der Waals surface area contributed by atoms with Crippen molar-refractivity contribution in [1.82, 2.24) is 40.2 Å². The average molecular weight is 659 g/mol. The third kappa shape index (κ3) is 7.60. The molecule has 3 aromatic rings. The van der Waals surface area contributed by atoms with Crippen molar-refractivity contribution in [3.63, 3.8) is 0 Å². The topological polar surface area (TPSA) is 119 Å². The number of alkyl halides is 7. The number of fused-ring (bicyclic) bond motifs is 1. The van der Waals surface area contributed by atoms with Crippen LogP contribution in [0.3, 0.4) is 0 Å². The molecule has 0 unspecified atom stereocenters. The molecule has 3 aromatic heterocycles. The number of halogens is 7. The van der Waals surface area contributed by atoms with E-state index in [9.17, 15) is 40.3 Å². The third-order valence-electron chi connectivity index (χ3n) is 9.07. The van der Waals surface area contributed by atoms with Gasteiger partial charge in [0.15, 0.2) is 5.65 Å². The molecule has 2 amide bonds. The van der Waals surface area contributed by atoms with E-state index in [1.165, 1.54) is 4.52 Å². The molecule has 3 aliphatic carbocycles. The van der Waals surface area contributed by atoms with Crippen LogP contribution in [0.5, 0.6) is 0 Å². The van der Waals surface area contributed by atoms with E-state index < -0.39 is 67.7 Å². The lowest BCUT2D eigenvalue weighted by molar-refractivity contribution is -0.137. The highest BCUT2D eigenvalue weighted by molar-refractivity contribution is 5.92. The number of nitrogens with one attached hydrogen (secondary N) is 2. The third-order valence-corrected chi connectivity index (χ3v) is 9.07. The molecule has 0 radical (unpaired) electrons. The second-order valence-corrected chi connectivity index (χ2v) is 12.8. The quantitative estimate of drug-likeness (QED) is 0.260. The van der Waals surface area contributed by atoms with Crippen LogP contribution in [0.4, 0.5) is 30.7 Å². The summed E-state index contributed by atoms with van der Waals surface area (Å²) in [6, 6.07) is 0.451. The molecule has 0 aliphatic heterocycles. The number of nitrogens with zero attached hydrogens (tertiary/aromatic N) is 6. The Labute approximate surface area is 258 Å². The lowest BCUT2D eigenvalue weighted by Crippen LogP contribution is -2.39. The van der Waals surface area contributed by atoms with E-state index in [1.54, 1.807) is 18.5 Å². The Balaban J connectivity index is 1.22. The van der Waals surface area contributed by atoms with Crippen LogP contribution in [0.1, 0.15) is 98.0 Å². The Bertz CT molecular complexity index is 1570. The number of carbonyl (C=O) groups excluding carboxylic acids is 2. The van der Waals surface area contributed by atoms with Crippen molar-refractivity contribution in [2.24, 2.45) is 17.8 Å². The summed E-state index contributed by atoms with van der Waals surface area (Å²) >= 11 is 0. The van der Waals surface area contributed by atoms with Crippen molar-refractivity contribution >= 4 is 17.5 Å². The summed E-state index contributed by atoms with van der Waals surface area (Å²) < 4.78 is 95.3. The molecule has 46 heavy (non-hydrogen) atoms. The maximum Gasteiger partial charge on any atom is 0.390 e. The number of aromatic nitrogens is 6. The fourth-order valence-electron chi connectivity index (χ4n) is 6.43. The van der Waals surface area contributed by atoms with Crippen LogP contribution in [0.2, 0.25) is 0 Å². The summed E-state index contributed by atoms with van der Waals surface area (Å²) in [6.45, 7) is -0.626. The van der Waals surface area contributed by atoms with E-state index >= 15 is 0 Å². The van der Waals surface area contributed by atoms with Crippen molar-refractivity contribution in [3.8, 4) is 0 Å². The molecular formula is C29H33F7N8O2. The lowest BCUT2D eigenvalue weighted by atomic mass is 9.79. The van der Waals surface area contributed by atoms with E-state index in [0.29, 0.717) is 16.9 Å². The number of rotatable bonds is 11. The van der Waals surface area contributed by atoms with Crippen molar-refractivity contribution in [3.05, 3.63) is 41.6 Å². The molecule has 2 atom stereocenters. The molecular weight excluding hydrogens is 625 g/mol. The molecule has 2 N–H and O–H groups in total. The number of hydrogen-bond donors (Lipinski definition) is 2. The molecule has 3 aliphatic rings. The second-order valence-electron chi connectivity index (χ2n) is 12.8. The highest BCUT2D eigenvalue weighted by atomic mass is 19.4. The molecule has 6 rings (SSSR count). The minimum Gasteiger partial charge on any atom is -0.349 e. The Morgan fingerprint density at radius 3 is 2.30 bits per heavy atom. The number of hydrogen-bond acceptors (Lipinski definition) is 6. The fourth-order valence-corrected chi connectivity index (χ4v) is 6.43. The predicted molar refractivity (Wildman–Crippen MR) is 147 cm³/mol. The van der Waals surface area contributed by atoms with Crippen LogP contribution in [0.15, 0.2) is 24.7 Å². The molecule has 0 saturated heterocycles. The number of amides is 2. The van der Waals surface area contributed by atoms with E-state index in [4.69, 9.17) is 0 Å². The Kier molecular flexibility index (Phi) is 8.46. The van der Waals surface area contributed by atoms with Crippen molar-refractivity contribution in [2.75, 3.05) is 0 Å². The Morgan fingerprint density at radius 2 is 1.65 bits per heavy atom. The molecule has 0 bridgehead atoms. The first-order valence-electron chi connectivity index (χ1n) is 15.3. The normalized spacial score (nSPS) is 21.5. The first kappa shape index (κ1) is 32.2. The molecule has 0 spiro atoms. The average Bonchev–Trinajstić information content (AvgIpc) is 3.52. The van der Waals surface area contributed by atoms with Gasteiger partial charge in [-0.05, 0) is 55.1 Å². The van der Waals surface area contributed by atoms with Crippen LogP contribution in [0, 0.1) is 17.8 Å². The van der Waals surface area contributed by atoms with E-state index in [2.05, 4.69) is 31.0 Å². The number of aryl methyl sites for hydroxylation is 1. The van der Waals surface area contributed by atoms with Crippen molar-refractivity contribution in [1.29, 1.82) is 0 Å². The zero-order valence-electron chi connectivity index (χ0n) is 24.6. The predicted octanol–water partition coefficient (Wildman–Crippen LogP) is 5.57. The van der Waals surface area contributed by atoms with Gasteiger partial charge in [0.2, 0.25) is 17.8 Å². The van der Waals surface area contributed by atoms with E-state index in [-0.39, 0.29) is 55.5 Å². The van der Waals surface area contributed by atoms with Gasteiger partial charge in [0.25, 0.3) is 5.91 Å². The van der Waals surface area contributed by atoms with Crippen LogP contribution >= 0.6 is 0 Å². The van der Waals surface area contributed by atoms with Gasteiger partial charge in [-0.25, -0.2) is 31.7 Å². The standard InChI is InChI=1S/C29H33F7N8O2/c30-27(31)5-3-18(4-6-27)25(41-26(46)21-14-37-42-43(21)8-7-29(34,35)36)20-15-44-22(39-20)10-19(13-38-44)24(17-1-2-17)40-23(45)9-16-11-28(32,33)12-16/h10,13-18,24-25H,1-9,11-12H2,(H,40,45)(H,41,46)/t24-,25+/m1/s1. The zero-order chi connectivity index (χ0) is 32.9. The maximum absolute atomic E-state index is 14.0. The second kappa shape index (κ2) is 12.1. The summed E-state index contributed by atoms with van der Waals surface area (Å²) in [5, 5.41) is 17.4. The van der Waals surface area contributed by atoms with Gasteiger partial charge < -0.3 is 10.6 Å². The Hall–Kier alpha value is -3.79. The molecule has 3 fully saturated rings. The Morgan fingerprint density at radius 1 is 0.957 bits per heavy atom. The van der Waals surface area contributed by atoms with Crippen LogP contribution in [0.25, 0.3) is 5.65 Å². The lowest BCUT2D eigenvalue weighted by Gasteiger charge is -2.34. The molecule has 3 heterocycles. The first-order valence-corrected chi connectivity index (χ1v) is 15.3. The van der Waals surface area contributed by atoms with Gasteiger partial charge in [0.05, 0.1) is 49.3 Å². The number of carbonyl (C=O) groups is 2. The van der Waals surface area contributed by atoms with Gasteiger partial charge >= 0.3 is 6.18 Å². The van der Waals surface area contributed by atoms with E-state index in [1.807, 2.05) is 0 Å². The number of imidazole rings is 1. The minimum atomic E-state index is -4.48. The summed E-state index contributed by atoms with van der Waals surface area (Å²) in [4.78, 5) is 30.7. The van der Waals surface area contributed by atoms with Crippen LogP contribution in [-0.4, -0.2) is 59.4 Å². The largest absolute Gasteiger partial charge is 0.390 e. The van der Waals surface area contributed by atoms with Gasteiger partial charge in [0, 0.05) is 32.1 Å². The molecule has 3 saturated carbocycles. The summed E-state index contributed by atoms with van der Waals surface area (Å²) in [5.74, 6) is -7.32. The SMILES string of the molecule is O=C(CC1CC(F)(F)C1)N[C@@H](c1cnn2cc([C@@H](NC(=O)c3cnnn3CCC(F)(F)F)C3CCC(F)(F)CC3)nc2c1)C1CC1. The minimum absolute atomic E-state index is 0.00838. The van der Waals surface area contributed by atoms with Gasteiger partial charge in [-0.3, -0.25) is 9.59 Å². The van der Waals surface area contributed by atoms with Crippen LogP contribution < -0.4 is 10.6 Å². The van der Waals surface area contributed by atoms with Crippen molar-refractivity contribution in [2.45, 2.75) is 101 Å².